The fraction of sp³-hybridized carbons (Fsp3) is 0.455. The summed E-state index contributed by atoms with van der Waals surface area (Å²) in [6.07, 6.45) is 2.91. The number of benzene rings is 1. The first-order valence-electron chi connectivity index (χ1n) is 9.90. The van der Waals surface area contributed by atoms with E-state index in [0.29, 0.717) is 13.2 Å². The predicted octanol–water partition coefficient (Wildman–Crippen LogP) is 5.25. The zero-order chi connectivity index (χ0) is 19.7. The summed E-state index contributed by atoms with van der Waals surface area (Å²) in [5.41, 5.74) is 2.14. The van der Waals surface area contributed by atoms with Crippen molar-refractivity contribution < 1.29 is 4.74 Å². The summed E-state index contributed by atoms with van der Waals surface area (Å²) < 4.78 is 8.66. The molecule has 28 heavy (non-hydrogen) atoms. The molecule has 0 amide bonds. The summed E-state index contributed by atoms with van der Waals surface area (Å²) in [7, 11) is 0. The van der Waals surface area contributed by atoms with E-state index in [-0.39, 0.29) is 11.2 Å². The molecule has 1 aliphatic heterocycles. The van der Waals surface area contributed by atoms with Gasteiger partial charge in [-0.05, 0) is 31.1 Å². The highest BCUT2D eigenvalue weighted by atomic mass is 32.2. The van der Waals surface area contributed by atoms with E-state index in [1.54, 1.807) is 27.8 Å². The molecule has 0 N–H and O–H groups in total. The van der Waals surface area contributed by atoms with E-state index in [2.05, 4.69) is 20.8 Å². The van der Waals surface area contributed by atoms with Crippen molar-refractivity contribution >= 4 is 33.2 Å². The SMILES string of the molecule is CCCSc1nn(Cc2ccccc2)c(=O)c2sc3c(c12)COC(C)(CC)C3. The molecule has 0 fully saturated rings. The summed E-state index contributed by atoms with van der Waals surface area (Å²) in [4.78, 5) is 14.6. The van der Waals surface area contributed by atoms with Crippen LogP contribution in [0.25, 0.3) is 10.1 Å². The molecule has 0 bridgehead atoms. The largest absolute Gasteiger partial charge is 0.370 e. The summed E-state index contributed by atoms with van der Waals surface area (Å²) in [5, 5.41) is 6.79. The van der Waals surface area contributed by atoms with Crippen LogP contribution in [0.15, 0.2) is 40.2 Å². The van der Waals surface area contributed by atoms with Gasteiger partial charge in [0.15, 0.2) is 0 Å². The maximum atomic E-state index is 13.3. The van der Waals surface area contributed by atoms with Gasteiger partial charge < -0.3 is 4.74 Å². The quantitative estimate of drug-likeness (QED) is 0.517. The zero-order valence-electron chi connectivity index (χ0n) is 16.7. The van der Waals surface area contributed by atoms with E-state index < -0.39 is 0 Å². The van der Waals surface area contributed by atoms with Gasteiger partial charge >= 0.3 is 0 Å². The second-order valence-corrected chi connectivity index (χ2v) is 9.77. The molecule has 1 aromatic carbocycles. The van der Waals surface area contributed by atoms with Crippen LogP contribution in [0, 0.1) is 0 Å². The fourth-order valence-electron chi connectivity index (χ4n) is 3.53. The van der Waals surface area contributed by atoms with Crippen molar-refractivity contribution in [2.45, 2.75) is 63.8 Å². The Morgan fingerprint density at radius 3 is 2.79 bits per heavy atom. The standard InChI is InChI=1S/C22H26N2O2S2/c1-4-11-27-20-18-16-14-26-22(3,5-2)12-17(16)28-19(18)21(25)24(23-20)13-15-9-7-6-8-10-15/h6-10H,4-5,11-14H2,1-3H3. The normalized spacial score (nSPS) is 19.1. The van der Waals surface area contributed by atoms with Crippen LogP contribution in [0.1, 0.15) is 49.6 Å². The van der Waals surface area contributed by atoms with Crippen molar-refractivity contribution in [3.05, 3.63) is 56.7 Å². The van der Waals surface area contributed by atoms with Gasteiger partial charge in [0.1, 0.15) is 9.73 Å². The van der Waals surface area contributed by atoms with Crippen LogP contribution < -0.4 is 5.56 Å². The average Bonchev–Trinajstić information content (AvgIpc) is 3.08. The van der Waals surface area contributed by atoms with Gasteiger partial charge in [-0.25, -0.2) is 4.68 Å². The molecule has 0 aliphatic carbocycles. The van der Waals surface area contributed by atoms with Gasteiger partial charge in [0.25, 0.3) is 5.56 Å². The van der Waals surface area contributed by atoms with Gasteiger partial charge in [0.2, 0.25) is 0 Å². The molecule has 1 aliphatic rings. The number of aromatic nitrogens is 2. The molecule has 4 rings (SSSR count). The van der Waals surface area contributed by atoms with Crippen LogP contribution in [0.5, 0.6) is 0 Å². The molecule has 3 aromatic rings. The molecule has 6 heteroatoms. The predicted molar refractivity (Wildman–Crippen MR) is 118 cm³/mol. The second kappa shape index (κ2) is 8.01. The Labute approximate surface area is 173 Å². The lowest BCUT2D eigenvalue weighted by Gasteiger charge is -2.32. The third kappa shape index (κ3) is 3.65. The van der Waals surface area contributed by atoms with Crippen LogP contribution in [0.2, 0.25) is 0 Å². The monoisotopic (exact) mass is 414 g/mol. The Balaban J connectivity index is 1.85. The third-order valence-electron chi connectivity index (χ3n) is 5.41. The molecule has 0 spiro atoms. The lowest BCUT2D eigenvalue weighted by atomic mass is 9.93. The molecule has 0 radical (unpaired) electrons. The van der Waals surface area contributed by atoms with Crippen molar-refractivity contribution in [1.29, 1.82) is 0 Å². The molecule has 2 aromatic heterocycles. The molecular weight excluding hydrogens is 388 g/mol. The minimum atomic E-state index is -0.138. The fourth-order valence-corrected chi connectivity index (χ4v) is 5.94. The molecule has 3 heterocycles. The first kappa shape index (κ1) is 19.7. The number of hydrogen-bond acceptors (Lipinski definition) is 5. The van der Waals surface area contributed by atoms with Crippen LogP contribution in [-0.2, 0) is 24.3 Å². The molecule has 1 unspecified atom stereocenters. The first-order valence-corrected chi connectivity index (χ1v) is 11.7. The number of ether oxygens (including phenoxy) is 1. The van der Waals surface area contributed by atoms with Gasteiger partial charge in [-0.15, -0.1) is 23.1 Å². The van der Waals surface area contributed by atoms with Crippen LogP contribution in [0.3, 0.4) is 0 Å². The lowest BCUT2D eigenvalue weighted by molar-refractivity contribution is -0.0546. The van der Waals surface area contributed by atoms with Crippen LogP contribution in [0.4, 0.5) is 0 Å². The van der Waals surface area contributed by atoms with E-state index in [1.807, 2.05) is 30.3 Å². The summed E-state index contributed by atoms with van der Waals surface area (Å²) in [5.74, 6) is 0.990. The summed E-state index contributed by atoms with van der Waals surface area (Å²) >= 11 is 3.40. The van der Waals surface area contributed by atoms with E-state index in [0.717, 1.165) is 45.7 Å². The van der Waals surface area contributed by atoms with Crippen molar-refractivity contribution in [1.82, 2.24) is 9.78 Å². The Morgan fingerprint density at radius 1 is 1.29 bits per heavy atom. The van der Waals surface area contributed by atoms with Crippen molar-refractivity contribution in [2.75, 3.05) is 5.75 Å². The minimum Gasteiger partial charge on any atom is -0.370 e. The van der Waals surface area contributed by atoms with E-state index >= 15 is 0 Å². The molecule has 1 atom stereocenters. The minimum absolute atomic E-state index is 0.0114. The average molecular weight is 415 g/mol. The Hall–Kier alpha value is -1.63. The molecule has 0 saturated heterocycles. The van der Waals surface area contributed by atoms with Gasteiger partial charge in [-0.3, -0.25) is 4.79 Å². The maximum absolute atomic E-state index is 13.3. The molecule has 0 saturated carbocycles. The number of hydrogen-bond donors (Lipinski definition) is 0. The van der Waals surface area contributed by atoms with Crippen LogP contribution >= 0.6 is 23.1 Å². The topological polar surface area (TPSA) is 44.1 Å². The molecule has 148 valence electrons. The van der Waals surface area contributed by atoms with Gasteiger partial charge in [0, 0.05) is 22.2 Å². The van der Waals surface area contributed by atoms with Gasteiger partial charge in [0.05, 0.1) is 18.8 Å². The number of fused-ring (bicyclic) bond motifs is 3. The third-order valence-corrected chi connectivity index (χ3v) is 7.80. The first-order chi connectivity index (χ1) is 13.5. The highest BCUT2D eigenvalue weighted by molar-refractivity contribution is 7.99. The van der Waals surface area contributed by atoms with E-state index in [1.165, 1.54) is 10.4 Å². The summed E-state index contributed by atoms with van der Waals surface area (Å²) in [6.45, 7) is 7.57. The highest BCUT2D eigenvalue weighted by Crippen LogP contribution is 2.41. The number of thiophene rings is 1. The molecular formula is C22H26N2O2S2. The lowest BCUT2D eigenvalue weighted by Crippen LogP contribution is -2.33. The Bertz CT molecular complexity index is 1040. The smallest absolute Gasteiger partial charge is 0.285 e. The Kier molecular flexibility index (Phi) is 5.63. The Morgan fingerprint density at radius 2 is 2.07 bits per heavy atom. The van der Waals surface area contributed by atoms with E-state index in [9.17, 15) is 4.79 Å². The number of thioether (sulfide) groups is 1. The number of rotatable bonds is 6. The molecule has 4 nitrogen and oxygen atoms in total. The number of nitrogens with zero attached hydrogens (tertiary/aromatic N) is 2. The van der Waals surface area contributed by atoms with Gasteiger partial charge in [-0.2, -0.15) is 5.10 Å². The van der Waals surface area contributed by atoms with E-state index in [4.69, 9.17) is 9.84 Å². The van der Waals surface area contributed by atoms with Gasteiger partial charge in [-0.1, -0.05) is 44.2 Å². The van der Waals surface area contributed by atoms with Crippen molar-refractivity contribution in [3.8, 4) is 0 Å². The van der Waals surface area contributed by atoms with Crippen molar-refractivity contribution in [2.24, 2.45) is 0 Å². The maximum Gasteiger partial charge on any atom is 0.285 e. The van der Waals surface area contributed by atoms with Crippen molar-refractivity contribution in [3.63, 3.8) is 0 Å². The summed E-state index contributed by atoms with van der Waals surface area (Å²) in [6, 6.07) is 10.1. The highest BCUT2D eigenvalue weighted by Gasteiger charge is 2.33. The second-order valence-electron chi connectivity index (χ2n) is 7.58. The van der Waals surface area contributed by atoms with Crippen LogP contribution in [-0.4, -0.2) is 21.1 Å². The zero-order valence-corrected chi connectivity index (χ0v) is 18.3.